The predicted molar refractivity (Wildman–Crippen MR) is 116 cm³/mol. The Morgan fingerprint density at radius 2 is 1.93 bits per heavy atom. The third kappa shape index (κ3) is 3.83. The number of benzene rings is 2. The average Bonchev–Trinajstić information content (AvgIpc) is 3.13. The van der Waals surface area contributed by atoms with Crippen molar-refractivity contribution in [3.8, 4) is 5.75 Å². The van der Waals surface area contributed by atoms with Crippen LogP contribution in [0.3, 0.4) is 0 Å². The first-order valence-electron chi connectivity index (χ1n) is 9.96. The van der Waals surface area contributed by atoms with Gasteiger partial charge in [0.15, 0.2) is 0 Å². The van der Waals surface area contributed by atoms with Crippen LogP contribution >= 0.6 is 0 Å². The highest BCUT2D eigenvalue weighted by Crippen LogP contribution is 2.29. The van der Waals surface area contributed by atoms with E-state index in [4.69, 9.17) is 9.72 Å². The minimum absolute atomic E-state index is 0.0200. The van der Waals surface area contributed by atoms with E-state index in [0.29, 0.717) is 12.3 Å². The fourth-order valence-corrected chi connectivity index (χ4v) is 3.94. The van der Waals surface area contributed by atoms with Crippen molar-refractivity contribution in [3.63, 3.8) is 0 Å². The second-order valence-corrected chi connectivity index (χ2v) is 7.25. The van der Waals surface area contributed by atoms with Gasteiger partial charge in [-0.2, -0.15) is 0 Å². The predicted octanol–water partition coefficient (Wildman–Crippen LogP) is 4.09. The van der Waals surface area contributed by atoms with Crippen molar-refractivity contribution in [2.75, 3.05) is 30.4 Å². The van der Waals surface area contributed by atoms with Gasteiger partial charge in [-0.25, -0.2) is 4.98 Å². The molecule has 6 heteroatoms. The molecule has 0 atom stereocenters. The smallest absolute Gasteiger partial charge is 0.227 e. The highest BCUT2D eigenvalue weighted by atomic mass is 16.5. The van der Waals surface area contributed by atoms with Crippen molar-refractivity contribution in [1.82, 2.24) is 9.55 Å². The average molecular weight is 390 g/mol. The molecule has 1 amide bonds. The van der Waals surface area contributed by atoms with Crippen LogP contribution in [0.5, 0.6) is 5.75 Å². The first-order valence-corrected chi connectivity index (χ1v) is 9.96. The number of allylic oxidation sites excluding steroid dienone is 1. The quantitative estimate of drug-likeness (QED) is 0.644. The van der Waals surface area contributed by atoms with E-state index < -0.39 is 0 Å². The number of rotatable bonds is 6. The maximum Gasteiger partial charge on any atom is 0.227 e. The van der Waals surface area contributed by atoms with Gasteiger partial charge in [0.1, 0.15) is 5.75 Å². The minimum Gasteiger partial charge on any atom is -0.495 e. The molecule has 0 bridgehead atoms. The summed E-state index contributed by atoms with van der Waals surface area (Å²) in [6.45, 7) is 6.19. The number of imidazole rings is 1. The van der Waals surface area contributed by atoms with Crippen LogP contribution in [0.15, 0.2) is 61.2 Å². The monoisotopic (exact) mass is 390 g/mol. The fraction of sp³-hybridized carbons (Fsp3) is 0.304. The molecule has 2 aromatic carbocycles. The molecule has 0 unspecified atom stereocenters. The van der Waals surface area contributed by atoms with E-state index in [-0.39, 0.29) is 11.8 Å². The summed E-state index contributed by atoms with van der Waals surface area (Å²) in [5.41, 5.74) is 2.81. The summed E-state index contributed by atoms with van der Waals surface area (Å²) < 4.78 is 7.52. The van der Waals surface area contributed by atoms with Gasteiger partial charge in [0.05, 0.1) is 23.8 Å². The number of hydrogen-bond donors (Lipinski definition) is 1. The van der Waals surface area contributed by atoms with Crippen molar-refractivity contribution in [2.45, 2.75) is 19.4 Å². The van der Waals surface area contributed by atoms with E-state index in [1.54, 1.807) is 7.11 Å². The molecule has 2 heterocycles. The standard InChI is InChI=1S/C23H26N4O2/c1-3-14-27-20-10-6-4-8-18(20)25-23(27)26-15-12-17(13-16-26)22(28)24-19-9-5-7-11-21(19)29-2/h3-11,17H,1,12-16H2,2H3,(H,24,28). The van der Waals surface area contributed by atoms with Gasteiger partial charge in [-0.3, -0.25) is 4.79 Å². The van der Waals surface area contributed by atoms with Gasteiger partial charge in [0.2, 0.25) is 11.9 Å². The van der Waals surface area contributed by atoms with Crippen LogP contribution < -0.4 is 15.0 Å². The summed E-state index contributed by atoms with van der Waals surface area (Å²) in [6.07, 6.45) is 3.47. The second kappa shape index (κ2) is 8.39. The number of piperidine rings is 1. The number of aromatic nitrogens is 2. The normalized spacial score (nSPS) is 14.7. The highest BCUT2D eigenvalue weighted by molar-refractivity contribution is 5.94. The molecule has 1 saturated heterocycles. The summed E-state index contributed by atoms with van der Waals surface area (Å²) in [5, 5.41) is 3.02. The Balaban J connectivity index is 1.46. The van der Waals surface area contributed by atoms with Crippen molar-refractivity contribution in [1.29, 1.82) is 0 Å². The molecule has 0 aliphatic carbocycles. The van der Waals surface area contributed by atoms with Crippen LogP contribution in [0.2, 0.25) is 0 Å². The zero-order valence-corrected chi connectivity index (χ0v) is 16.7. The lowest BCUT2D eigenvalue weighted by molar-refractivity contribution is -0.120. The molecule has 1 aliphatic heterocycles. The summed E-state index contributed by atoms with van der Waals surface area (Å²) in [4.78, 5) is 19.9. The topological polar surface area (TPSA) is 59.4 Å². The third-order valence-corrected chi connectivity index (χ3v) is 5.46. The number of hydrogen-bond acceptors (Lipinski definition) is 4. The highest BCUT2D eigenvalue weighted by Gasteiger charge is 2.28. The van der Waals surface area contributed by atoms with Gasteiger partial charge < -0.3 is 19.5 Å². The Labute approximate surface area is 170 Å². The number of methoxy groups -OCH3 is 1. The molecule has 150 valence electrons. The first kappa shape index (κ1) is 19.1. The van der Waals surface area contributed by atoms with Crippen LogP contribution in [0.4, 0.5) is 11.6 Å². The molecule has 3 aromatic rings. The molecule has 1 N–H and O–H groups in total. The molecule has 0 radical (unpaired) electrons. The number of carbonyl (C=O) groups is 1. The maximum absolute atomic E-state index is 12.8. The van der Waals surface area contributed by atoms with Gasteiger partial charge in [-0.1, -0.05) is 30.3 Å². The third-order valence-electron chi connectivity index (χ3n) is 5.46. The van der Waals surface area contributed by atoms with Gasteiger partial charge >= 0.3 is 0 Å². The lowest BCUT2D eigenvalue weighted by Gasteiger charge is -2.32. The number of nitrogens with zero attached hydrogens (tertiary/aromatic N) is 3. The van der Waals surface area contributed by atoms with E-state index in [1.807, 2.05) is 48.5 Å². The van der Waals surface area contributed by atoms with Gasteiger partial charge in [0, 0.05) is 25.6 Å². The van der Waals surface area contributed by atoms with Crippen LogP contribution in [0, 0.1) is 5.92 Å². The van der Waals surface area contributed by atoms with Gasteiger partial charge in [0.25, 0.3) is 0 Å². The number of carbonyl (C=O) groups excluding carboxylic acids is 1. The largest absolute Gasteiger partial charge is 0.495 e. The molecule has 1 aromatic heterocycles. The first-order chi connectivity index (χ1) is 14.2. The summed E-state index contributed by atoms with van der Waals surface area (Å²) in [7, 11) is 1.61. The van der Waals surface area contributed by atoms with Crippen LogP contribution in [-0.2, 0) is 11.3 Å². The second-order valence-electron chi connectivity index (χ2n) is 7.25. The van der Waals surface area contributed by atoms with Crippen molar-refractivity contribution in [2.24, 2.45) is 5.92 Å². The fourth-order valence-electron chi connectivity index (χ4n) is 3.94. The van der Waals surface area contributed by atoms with E-state index >= 15 is 0 Å². The summed E-state index contributed by atoms with van der Waals surface area (Å²) in [6, 6.07) is 15.7. The Bertz CT molecular complexity index is 1020. The number of anilines is 2. The minimum atomic E-state index is -0.0200. The summed E-state index contributed by atoms with van der Waals surface area (Å²) in [5.74, 6) is 1.66. The van der Waals surface area contributed by atoms with E-state index in [9.17, 15) is 4.79 Å². The number of ether oxygens (including phenoxy) is 1. The van der Waals surface area contributed by atoms with Crippen LogP contribution in [0.1, 0.15) is 12.8 Å². The molecular weight excluding hydrogens is 364 g/mol. The van der Waals surface area contributed by atoms with Crippen LogP contribution in [0.25, 0.3) is 11.0 Å². The Kier molecular flexibility index (Phi) is 5.51. The van der Waals surface area contributed by atoms with Gasteiger partial charge in [-0.05, 0) is 37.1 Å². The van der Waals surface area contributed by atoms with Gasteiger partial charge in [-0.15, -0.1) is 6.58 Å². The summed E-state index contributed by atoms with van der Waals surface area (Å²) >= 11 is 0. The van der Waals surface area contributed by atoms with Crippen molar-refractivity contribution in [3.05, 3.63) is 61.2 Å². The Hall–Kier alpha value is -3.28. The molecule has 1 aliphatic rings. The molecule has 0 saturated carbocycles. The molecular formula is C23H26N4O2. The van der Waals surface area contributed by atoms with Crippen molar-refractivity contribution >= 4 is 28.6 Å². The van der Waals surface area contributed by atoms with Crippen molar-refractivity contribution < 1.29 is 9.53 Å². The Morgan fingerprint density at radius 3 is 2.69 bits per heavy atom. The Morgan fingerprint density at radius 1 is 1.21 bits per heavy atom. The van der Waals surface area contributed by atoms with Crippen LogP contribution in [-0.4, -0.2) is 35.7 Å². The SMILES string of the molecule is C=CCn1c(N2CCC(C(=O)Nc3ccccc3OC)CC2)nc2ccccc21. The molecule has 6 nitrogen and oxygen atoms in total. The lowest BCUT2D eigenvalue weighted by atomic mass is 9.96. The van der Waals surface area contributed by atoms with E-state index in [0.717, 1.165) is 48.6 Å². The maximum atomic E-state index is 12.8. The van der Waals surface area contributed by atoms with E-state index in [1.165, 1.54) is 0 Å². The van der Waals surface area contributed by atoms with E-state index in [2.05, 4.69) is 27.4 Å². The molecule has 29 heavy (non-hydrogen) atoms. The number of para-hydroxylation sites is 4. The zero-order valence-electron chi connectivity index (χ0n) is 16.7. The number of nitrogens with one attached hydrogen (secondary N) is 1. The molecule has 4 rings (SSSR count). The zero-order chi connectivity index (χ0) is 20.2. The number of fused-ring (bicyclic) bond motifs is 1. The number of amides is 1. The molecule has 1 fully saturated rings. The lowest BCUT2D eigenvalue weighted by Crippen LogP contribution is -2.39. The molecule has 0 spiro atoms.